The molecule has 3 heterocycles. The molecule has 0 amide bonds. The summed E-state index contributed by atoms with van der Waals surface area (Å²) in [4.78, 5) is 5.18. The van der Waals surface area contributed by atoms with Crippen LogP contribution in [-0.4, -0.2) is 9.67 Å². The molecule has 0 unspecified atom stereocenters. The van der Waals surface area contributed by atoms with Gasteiger partial charge in [-0.15, -0.1) is 9.36 Å². The van der Waals surface area contributed by atoms with Gasteiger partial charge in [-0.1, -0.05) is 45.9 Å². The van der Waals surface area contributed by atoms with Crippen molar-refractivity contribution < 1.29 is 9.10 Å². The van der Waals surface area contributed by atoms with Gasteiger partial charge >= 0.3 is 0 Å². The number of rotatable bonds is 1. The van der Waals surface area contributed by atoms with Crippen LogP contribution in [0.1, 0.15) is 57.2 Å². The Labute approximate surface area is 188 Å². The predicted octanol–water partition coefficient (Wildman–Crippen LogP) is 6.41. The summed E-state index contributed by atoms with van der Waals surface area (Å²) in [6.07, 6.45) is 6.48. The Morgan fingerprint density at radius 3 is 2.53 bits per heavy atom. The fourth-order valence-corrected chi connectivity index (χ4v) is 5.65. The normalized spacial score (nSPS) is 17.3. The highest BCUT2D eigenvalue weighted by atomic mass is 16.3. The van der Waals surface area contributed by atoms with Crippen LogP contribution in [0.2, 0.25) is 0 Å². The van der Waals surface area contributed by atoms with Gasteiger partial charge in [0.15, 0.2) is 24.5 Å². The second kappa shape index (κ2) is 6.22. The molecule has 1 aliphatic carbocycles. The van der Waals surface area contributed by atoms with Crippen LogP contribution >= 0.6 is 0 Å². The number of hydrogen-bond acceptors (Lipinski definition) is 2. The minimum absolute atomic E-state index is 0.0949. The van der Waals surface area contributed by atoms with Crippen molar-refractivity contribution in [1.29, 1.82) is 0 Å². The molecule has 0 radical (unpaired) electrons. The largest absolute Gasteiger partial charge is 0.435 e. The molecule has 3 aromatic heterocycles. The Bertz CT molecular complexity index is 1550. The summed E-state index contributed by atoms with van der Waals surface area (Å²) in [6, 6.07) is 13.3. The molecule has 162 valence electrons. The van der Waals surface area contributed by atoms with E-state index in [0.29, 0.717) is 0 Å². The highest BCUT2D eigenvalue weighted by Gasteiger charge is 2.38. The second-order valence-electron chi connectivity index (χ2n) is 10.8. The molecule has 0 saturated carbocycles. The molecule has 4 heteroatoms. The summed E-state index contributed by atoms with van der Waals surface area (Å²) in [5, 5.41) is 3.38. The van der Waals surface area contributed by atoms with Gasteiger partial charge < -0.3 is 4.42 Å². The van der Waals surface area contributed by atoms with Crippen LogP contribution in [0.25, 0.3) is 38.7 Å². The first-order valence-corrected chi connectivity index (χ1v) is 11.5. The second-order valence-corrected chi connectivity index (χ2v) is 10.8. The van der Waals surface area contributed by atoms with Gasteiger partial charge in [-0.05, 0) is 59.4 Å². The summed E-state index contributed by atoms with van der Waals surface area (Å²) in [7, 11) is 2.05. The molecule has 32 heavy (non-hydrogen) atoms. The van der Waals surface area contributed by atoms with E-state index in [1.54, 1.807) is 0 Å². The summed E-state index contributed by atoms with van der Waals surface area (Å²) < 4.78 is 10.7. The van der Waals surface area contributed by atoms with E-state index in [2.05, 4.69) is 80.5 Å². The zero-order valence-electron chi connectivity index (χ0n) is 19.8. The van der Waals surface area contributed by atoms with Crippen molar-refractivity contribution in [2.45, 2.75) is 58.3 Å². The Kier molecular flexibility index (Phi) is 3.80. The van der Waals surface area contributed by atoms with E-state index in [4.69, 9.17) is 9.40 Å². The van der Waals surface area contributed by atoms with Crippen LogP contribution in [0.3, 0.4) is 0 Å². The summed E-state index contributed by atoms with van der Waals surface area (Å²) in [6.45, 7) is 11.6. The number of benzene rings is 2. The summed E-state index contributed by atoms with van der Waals surface area (Å²) >= 11 is 0. The van der Waals surface area contributed by atoms with Gasteiger partial charge in [0.1, 0.15) is 0 Å². The fourth-order valence-electron chi connectivity index (χ4n) is 5.65. The Balaban J connectivity index is 1.72. The lowest BCUT2D eigenvalue weighted by molar-refractivity contribution is -0.744. The molecule has 1 aliphatic rings. The van der Waals surface area contributed by atoms with Crippen molar-refractivity contribution in [1.82, 2.24) is 9.67 Å². The molecule has 0 aliphatic heterocycles. The van der Waals surface area contributed by atoms with E-state index >= 15 is 0 Å². The van der Waals surface area contributed by atoms with Gasteiger partial charge in [0, 0.05) is 22.2 Å². The van der Waals surface area contributed by atoms with Gasteiger partial charge in [-0.2, -0.15) is 0 Å². The summed E-state index contributed by atoms with van der Waals surface area (Å²) in [5.41, 5.74) is 8.03. The van der Waals surface area contributed by atoms with Crippen molar-refractivity contribution >= 4 is 33.0 Å². The Hall–Kier alpha value is -3.14. The standard InChI is InChI=1S/C28H30N3O/c1-17-8-10-19-20-16-18-9-11-21-22(28(4,5)13-12-27(21,2)3)23(18)29-26(20)32-25(19)24(17)31-15-7-14-30(31)6/h7-11,14-16H,12-13H2,1-6H3/q+1. The molecule has 0 fully saturated rings. The highest BCUT2D eigenvalue weighted by Crippen LogP contribution is 2.48. The lowest BCUT2D eigenvalue weighted by atomic mass is 9.62. The van der Waals surface area contributed by atoms with Crippen LogP contribution in [0.4, 0.5) is 0 Å². The molecular weight excluding hydrogens is 394 g/mol. The lowest BCUT2D eigenvalue weighted by Crippen LogP contribution is -2.37. The maximum atomic E-state index is 6.52. The topological polar surface area (TPSA) is 34.8 Å². The smallest absolute Gasteiger partial charge is 0.228 e. The number of fused-ring (bicyclic) bond motifs is 6. The molecule has 5 aromatic rings. The lowest BCUT2D eigenvalue weighted by Gasteiger charge is -2.42. The predicted molar refractivity (Wildman–Crippen MR) is 130 cm³/mol. The zero-order valence-corrected chi connectivity index (χ0v) is 19.8. The average Bonchev–Trinajstić information content (AvgIpc) is 3.32. The van der Waals surface area contributed by atoms with E-state index in [-0.39, 0.29) is 10.8 Å². The third kappa shape index (κ3) is 2.55. The fraction of sp³-hybridized carbons (Fsp3) is 0.357. The number of aromatic nitrogens is 3. The number of pyridine rings is 1. The first-order valence-electron chi connectivity index (χ1n) is 11.5. The van der Waals surface area contributed by atoms with Gasteiger partial charge in [0.2, 0.25) is 5.71 Å². The van der Waals surface area contributed by atoms with Gasteiger partial charge in [0.25, 0.3) is 0 Å². The third-order valence-corrected chi connectivity index (χ3v) is 7.65. The zero-order chi connectivity index (χ0) is 22.4. The number of furan rings is 1. The van der Waals surface area contributed by atoms with Crippen LogP contribution in [-0.2, 0) is 17.9 Å². The quantitative estimate of drug-likeness (QED) is 0.292. The van der Waals surface area contributed by atoms with Crippen molar-refractivity contribution in [3.8, 4) is 5.69 Å². The molecule has 0 saturated heterocycles. The monoisotopic (exact) mass is 424 g/mol. The van der Waals surface area contributed by atoms with E-state index in [0.717, 1.165) is 33.3 Å². The molecule has 0 bridgehead atoms. The molecule has 6 rings (SSSR count). The van der Waals surface area contributed by atoms with Crippen molar-refractivity contribution in [2.75, 3.05) is 0 Å². The number of nitrogens with zero attached hydrogens (tertiary/aromatic N) is 3. The maximum absolute atomic E-state index is 6.52. The van der Waals surface area contributed by atoms with E-state index in [1.165, 1.54) is 34.9 Å². The van der Waals surface area contributed by atoms with Crippen molar-refractivity contribution in [2.24, 2.45) is 7.05 Å². The maximum Gasteiger partial charge on any atom is 0.228 e. The number of aryl methyl sites for hydroxylation is 2. The first kappa shape index (κ1) is 19.5. The highest BCUT2D eigenvalue weighted by molar-refractivity contribution is 6.10. The van der Waals surface area contributed by atoms with Crippen LogP contribution in [0.5, 0.6) is 0 Å². The van der Waals surface area contributed by atoms with Crippen molar-refractivity contribution in [3.63, 3.8) is 0 Å². The molecule has 0 N–H and O–H groups in total. The first-order chi connectivity index (χ1) is 15.2. The molecular formula is C28H30N3O+. The summed E-state index contributed by atoms with van der Waals surface area (Å²) in [5.74, 6) is 0. The van der Waals surface area contributed by atoms with Gasteiger partial charge in [0.05, 0.1) is 11.7 Å². The van der Waals surface area contributed by atoms with E-state index in [9.17, 15) is 0 Å². The molecule has 4 nitrogen and oxygen atoms in total. The van der Waals surface area contributed by atoms with Gasteiger partial charge in [-0.3, -0.25) is 0 Å². The molecule has 2 aromatic carbocycles. The Morgan fingerprint density at radius 2 is 1.78 bits per heavy atom. The van der Waals surface area contributed by atoms with Gasteiger partial charge in [-0.25, -0.2) is 4.98 Å². The minimum atomic E-state index is 0.0949. The van der Waals surface area contributed by atoms with Crippen molar-refractivity contribution in [3.05, 3.63) is 65.5 Å². The van der Waals surface area contributed by atoms with E-state index < -0.39 is 0 Å². The average molecular weight is 425 g/mol. The molecule has 0 atom stereocenters. The third-order valence-electron chi connectivity index (χ3n) is 7.65. The van der Waals surface area contributed by atoms with E-state index in [1.807, 2.05) is 19.3 Å². The number of hydrogen-bond donors (Lipinski definition) is 0. The van der Waals surface area contributed by atoms with Crippen LogP contribution in [0.15, 0.2) is 53.2 Å². The Morgan fingerprint density at radius 1 is 1.00 bits per heavy atom. The minimum Gasteiger partial charge on any atom is -0.435 e. The van der Waals surface area contributed by atoms with Crippen LogP contribution < -0.4 is 4.68 Å². The van der Waals surface area contributed by atoms with Crippen LogP contribution in [0, 0.1) is 6.92 Å². The SMILES string of the molecule is Cc1ccc2c(oc3nc4c5c(ccc4cc32)C(C)(C)CCC5(C)C)c1-n1ccc[n+]1C. The molecule has 0 spiro atoms.